The number of rotatable bonds is 5. The maximum Gasteiger partial charge on any atom is 0.225 e. The predicted octanol–water partition coefficient (Wildman–Crippen LogP) is 2.92. The molecule has 39 heavy (non-hydrogen) atoms. The van der Waals surface area contributed by atoms with Gasteiger partial charge in [-0.05, 0) is 19.1 Å². The van der Waals surface area contributed by atoms with Gasteiger partial charge in [0.15, 0.2) is 11.6 Å². The lowest BCUT2D eigenvalue weighted by atomic mass is 9.89. The van der Waals surface area contributed by atoms with Crippen LogP contribution in [0.4, 0.5) is 24.9 Å². The Morgan fingerprint density at radius 2 is 1.54 bits per heavy atom. The molecule has 5 heterocycles. The first-order valence-corrected chi connectivity index (χ1v) is 12.2. The fourth-order valence-electron chi connectivity index (χ4n) is 4.91. The molecule has 0 unspecified atom stereocenters. The average Bonchev–Trinajstić information content (AvgIpc) is 3.51. The molecule has 10 nitrogen and oxygen atoms in total. The van der Waals surface area contributed by atoms with E-state index in [2.05, 4.69) is 25.1 Å². The van der Waals surface area contributed by atoms with Crippen LogP contribution in [-0.4, -0.2) is 65.6 Å². The summed E-state index contributed by atoms with van der Waals surface area (Å²) in [6.45, 7) is 3.37. The van der Waals surface area contributed by atoms with Crippen LogP contribution in [0.1, 0.15) is 18.1 Å². The lowest BCUT2D eigenvalue weighted by Gasteiger charge is -2.35. The van der Waals surface area contributed by atoms with Crippen molar-refractivity contribution in [1.29, 1.82) is 0 Å². The number of halogens is 3. The number of hydrogen-bond acceptors (Lipinski definition) is 8. The number of piperazine rings is 1. The first-order chi connectivity index (χ1) is 18.7. The minimum absolute atomic E-state index is 0.158. The second-order valence-corrected chi connectivity index (χ2v) is 9.55. The second kappa shape index (κ2) is 9.34. The highest BCUT2D eigenvalue weighted by atomic mass is 19.1. The number of hydrogen-bond donors (Lipinski definition) is 1. The topological polar surface area (TPSA) is 101 Å². The van der Waals surface area contributed by atoms with Crippen LogP contribution in [0.5, 0.6) is 0 Å². The zero-order valence-corrected chi connectivity index (χ0v) is 21.1. The quantitative estimate of drug-likeness (QED) is 0.367. The van der Waals surface area contributed by atoms with Gasteiger partial charge in [-0.15, -0.1) is 0 Å². The summed E-state index contributed by atoms with van der Waals surface area (Å²) in [6.07, 6.45) is 9.09. The summed E-state index contributed by atoms with van der Waals surface area (Å²) in [6, 6.07) is 3.42. The molecule has 1 aromatic carbocycles. The van der Waals surface area contributed by atoms with E-state index in [1.165, 1.54) is 36.2 Å². The van der Waals surface area contributed by atoms with E-state index >= 15 is 4.39 Å². The number of aryl methyl sites for hydroxylation is 1. The van der Waals surface area contributed by atoms with Crippen molar-refractivity contribution in [2.45, 2.75) is 12.5 Å². The molecule has 1 atom stereocenters. The monoisotopic (exact) mass is 535 g/mol. The average molecular weight is 536 g/mol. The lowest BCUT2D eigenvalue weighted by molar-refractivity contribution is 0.0926. The maximum atomic E-state index is 15.5. The third-order valence-corrected chi connectivity index (χ3v) is 7.02. The van der Waals surface area contributed by atoms with Crippen LogP contribution in [0.2, 0.25) is 0 Å². The Labute approximate surface area is 221 Å². The Bertz CT molecular complexity index is 1640. The van der Waals surface area contributed by atoms with Crippen LogP contribution >= 0.6 is 0 Å². The SMILES string of the molecule is Cn1cc(-c2cn3ncnc(N4CCN(c5ncc([C@](C)(O)c6c(F)cccc6F)cn5)CC4)c3c2F)cn1. The molecule has 0 radical (unpaired) electrons. The smallest absolute Gasteiger partial charge is 0.225 e. The molecule has 0 spiro atoms. The maximum absolute atomic E-state index is 15.5. The predicted molar refractivity (Wildman–Crippen MR) is 137 cm³/mol. The van der Waals surface area contributed by atoms with E-state index in [4.69, 9.17) is 0 Å². The summed E-state index contributed by atoms with van der Waals surface area (Å²) in [5.41, 5.74) is -0.938. The molecule has 0 bridgehead atoms. The van der Waals surface area contributed by atoms with Crippen LogP contribution < -0.4 is 9.80 Å². The molecule has 4 aromatic heterocycles. The van der Waals surface area contributed by atoms with Crippen LogP contribution in [0.15, 0.2) is 55.5 Å². The van der Waals surface area contributed by atoms with Gasteiger partial charge >= 0.3 is 0 Å². The highest BCUT2D eigenvalue weighted by molar-refractivity contribution is 5.78. The first kappa shape index (κ1) is 24.8. The van der Waals surface area contributed by atoms with Gasteiger partial charge in [-0.2, -0.15) is 10.2 Å². The van der Waals surface area contributed by atoms with E-state index in [-0.39, 0.29) is 11.1 Å². The van der Waals surface area contributed by atoms with Gasteiger partial charge < -0.3 is 14.9 Å². The van der Waals surface area contributed by atoms with Crippen molar-refractivity contribution in [3.63, 3.8) is 0 Å². The van der Waals surface area contributed by atoms with Gasteiger partial charge in [0.05, 0.1) is 11.8 Å². The summed E-state index contributed by atoms with van der Waals surface area (Å²) in [5, 5.41) is 19.2. The second-order valence-electron chi connectivity index (χ2n) is 9.55. The summed E-state index contributed by atoms with van der Waals surface area (Å²) in [7, 11) is 1.77. The van der Waals surface area contributed by atoms with Crippen molar-refractivity contribution in [1.82, 2.24) is 34.3 Å². The molecule has 1 N–H and O–H groups in total. The fraction of sp³-hybridized carbons (Fsp3) is 0.269. The Morgan fingerprint density at radius 3 is 2.18 bits per heavy atom. The number of fused-ring (bicyclic) bond motifs is 1. The number of nitrogens with zero attached hydrogens (tertiary/aromatic N) is 9. The molecule has 0 aliphatic carbocycles. The van der Waals surface area contributed by atoms with Gasteiger partial charge in [-0.1, -0.05) is 6.07 Å². The number of aromatic nitrogens is 7. The Morgan fingerprint density at radius 1 is 0.872 bits per heavy atom. The molecule has 1 aliphatic rings. The zero-order valence-electron chi connectivity index (χ0n) is 21.1. The van der Waals surface area contributed by atoms with Crippen molar-refractivity contribution in [2.24, 2.45) is 7.05 Å². The molecule has 1 aliphatic heterocycles. The molecule has 0 saturated carbocycles. The van der Waals surface area contributed by atoms with Crippen molar-refractivity contribution < 1.29 is 18.3 Å². The highest BCUT2D eigenvalue weighted by Crippen LogP contribution is 2.33. The van der Waals surface area contributed by atoms with Crippen LogP contribution in [-0.2, 0) is 12.6 Å². The molecule has 0 amide bonds. The van der Waals surface area contributed by atoms with E-state index in [9.17, 15) is 13.9 Å². The number of aliphatic hydroxyl groups is 1. The molecular formula is C26H24F3N9O. The van der Waals surface area contributed by atoms with E-state index < -0.39 is 28.6 Å². The first-order valence-electron chi connectivity index (χ1n) is 12.2. The van der Waals surface area contributed by atoms with Crippen molar-refractivity contribution >= 4 is 17.3 Å². The van der Waals surface area contributed by atoms with Crippen LogP contribution in [0, 0.1) is 17.5 Å². The molecule has 1 fully saturated rings. The Hall–Kier alpha value is -4.52. The molecule has 13 heteroatoms. The van der Waals surface area contributed by atoms with Crippen molar-refractivity contribution in [3.8, 4) is 11.1 Å². The third-order valence-electron chi connectivity index (χ3n) is 7.02. The minimum Gasteiger partial charge on any atom is -0.380 e. The summed E-state index contributed by atoms with van der Waals surface area (Å²) < 4.78 is 47.2. The van der Waals surface area contributed by atoms with Gasteiger partial charge in [-0.25, -0.2) is 32.6 Å². The van der Waals surface area contributed by atoms with Crippen LogP contribution in [0.3, 0.4) is 0 Å². The van der Waals surface area contributed by atoms with E-state index in [1.54, 1.807) is 30.3 Å². The van der Waals surface area contributed by atoms with E-state index in [0.29, 0.717) is 49.1 Å². The Balaban J connectivity index is 1.20. The van der Waals surface area contributed by atoms with Crippen molar-refractivity contribution in [2.75, 3.05) is 36.0 Å². The van der Waals surface area contributed by atoms with E-state index in [0.717, 1.165) is 12.1 Å². The summed E-state index contributed by atoms with van der Waals surface area (Å²) >= 11 is 0. The summed E-state index contributed by atoms with van der Waals surface area (Å²) in [5.74, 6) is -1.24. The number of benzene rings is 1. The zero-order chi connectivity index (χ0) is 27.3. The molecule has 1 saturated heterocycles. The van der Waals surface area contributed by atoms with Gasteiger partial charge in [-0.3, -0.25) is 4.68 Å². The van der Waals surface area contributed by atoms with Gasteiger partial charge in [0.25, 0.3) is 0 Å². The summed E-state index contributed by atoms with van der Waals surface area (Å²) in [4.78, 5) is 17.0. The number of anilines is 2. The Kier molecular flexibility index (Phi) is 5.94. The van der Waals surface area contributed by atoms with E-state index in [1.807, 2.05) is 9.80 Å². The van der Waals surface area contributed by atoms with Gasteiger partial charge in [0.1, 0.15) is 29.1 Å². The molecular weight excluding hydrogens is 511 g/mol. The normalized spacial score (nSPS) is 15.6. The fourth-order valence-corrected chi connectivity index (χ4v) is 4.91. The molecule has 6 rings (SSSR count). The molecule has 5 aromatic rings. The van der Waals surface area contributed by atoms with Gasteiger partial charge in [0.2, 0.25) is 5.95 Å². The lowest BCUT2D eigenvalue weighted by Crippen LogP contribution is -2.47. The highest BCUT2D eigenvalue weighted by Gasteiger charge is 2.33. The standard InChI is InChI=1S/C26H24F3N9O/c1-26(39,21-19(27)4-3-5-20(21)28)17-11-30-25(31-12-17)37-8-6-36(7-9-37)24-23-22(29)18(14-38(23)34-15-32-24)16-10-33-35(2)13-16/h3-5,10-15,39H,6-9H2,1-2H3/t26-/m0/s1. The third kappa shape index (κ3) is 4.24. The van der Waals surface area contributed by atoms with Crippen molar-refractivity contribution in [3.05, 3.63) is 84.1 Å². The van der Waals surface area contributed by atoms with Gasteiger partial charge in [0, 0.05) is 74.7 Å². The van der Waals surface area contributed by atoms with Crippen LogP contribution in [0.25, 0.3) is 16.6 Å². The minimum atomic E-state index is -1.96. The largest absolute Gasteiger partial charge is 0.380 e. The molecule has 200 valence electrons.